The van der Waals surface area contributed by atoms with Crippen molar-refractivity contribution in [1.82, 2.24) is 9.97 Å². The van der Waals surface area contributed by atoms with Gasteiger partial charge in [-0.25, -0.2) is 9.97 Å². The van der Waals surface area contributed by atoms with Gasteiger partial charge in [0.25, 0.3) is 0 Å². The van der Waals surface area contributed by atoms with Crippen molar-refractivity contribution >= 4 is 17.3 Å². The van der Waals surface area contributed by atoms with E-state index < -0.39 is 0 Å². The van der Waals surface area contributed by atoms with E-state index in [1.807, 2.05) is 0 Å². The van der Waals surface area contributed by atoms with Crippen molar-refractivity contribution in [3.63, 3.8) is 0 Å². The molecule has 0 spiro atoms. The van der Waals surface area contributed by atoms with Gasteiger partial charge in [-0.3, -0.25) is 0 Å². The second kappa shape index (κ2) is 5.53. The van der Waals surface area contributed by atoms with Gasteiger partial charge >= 0.3 is 0 Å². The van der Waals surface area contributed by atoms with Crippen LogP contribution in [0.15, 0.2) is 35.6 Å². The summed E-state index contributed by atoms with van der Waals surface area (Å²) in [5, 5.41) is 13.8. The molecule has 0 amide bonds. The van der Waals surface area contributed by atoms with Gasteiger partial charge in [0.15, 0.2) is 11.5 Å². The largest absolute Gasteiger partial charge is 0.504 e. The van der Waals surface area contributed by atoms with E-state index in [9.17, 15) is 5.11 Å². The minimum Gasteiger partial charge on any atom is -0.504 e. The van der Waals surface area contributed by atoms with Crippen LogP contribution in [0.4, 0.5) is 0 Å². The molecule has 0 bridgehead atoms. The molecule has 3 N–H and O–H groups in total. The van der Waals surface area contributed by atoms with Crippen LogP contribution in [-0.4, -0.2) is 27.9 Å². The summed E-state index contributed by atoms with van der Waals surface area (Å²) in [4.78, 5) is 7.79. The second-order valence-corrected chi connectivity index (χ2v) is 3.88. The minimum absolute atomic E-state index is 0.0658. The highest BCUT2D eigenvalue weighted by Gasteiger charge is 2.16. The maximum Gasteiger partial charge on any atom is 0.222 e. The van der Waals surface area contributed by atoms with E-state index in [-0.39, 0.29) is 11.0 Å². The van der Waals surface area contributed by atoms with Crippen molar-refractivity contribution in [2.45, 2.75) is 0 Å². The van der Waals surface area contributed by atoms with Gasteiger partial charge in [0.1, 0.15) is 5.71 Å². The van der Waals surface area contributed by atoms with Crippen LogP contribution >= 0.6 is 11.6 Å². The zero-order chi connectivity index (χ0) is 13.8. The number of nitrogens with zero attached hydrogens (tertiary/aromatic N) is 3. The Morgan fingerprint density at radius 1 is 1.42 bits per heavy atom. The zero-order valence-corrected chi connectivity index (χ0v) is 10.8. The van der Waals surface area contributed by atoms with Crippen LogP contribution in [0.2, 0.25) is 5.28 Å². The van der Waals surface area contributed by atoms with Crippen LogP contribution in [0.5, 0.6) is 11.5 Å². The van der Waals surface area contributed by atoms with E-state index in [0.717, 1.165) is 0 Å². The molecular formula is C12H11ClN4O2. The number of rotatable bonds is 3. The lowest BCUT2D eigenvalue weighted by Crippen LogP contribution is -2.09. The fourth-order valence-corrected chi connectivity index (χ4v) is 1.77. The lowest BCUT2D eigenvalue weighted by Gasteiger charge is -2.10. The maximum atomic E-state index is 10.1. The Morgan fingerprint density at radius 2 is 2.21 bits per heavy atom. The number of ether oxygens (including phenoxy) is 1. The number of aromatic nitrogens is 2. The average molecular weight is 279 g/mol. The van der Waals surface area contributed by atoms with E-state index in [0.29, 0.717) is 22.7 Å². The third kappa shape index (κ3) is 2.58. The van der Waals surface area contributed by atoms with E-state index >= 15 is 0 Å². The summed E-state index contributed by atoms with van der Waals surface area (Å²) in [7, 11) is 1.46. The Morgan fingerprint density at radius 3 is 2.84 bits per heavy atom. The van der Waals surface area contributed by atoms with Crippen molar-refractivity contribution in [2.24, 2.45) is 10.9 Å². The number of halogens is 1. The molecule has 19 heavy (non-hydrogen) atoms. The van der Waals surface area contributed by atoms with Gasteiger partial charge in [-0.2, -0.15) is 5.10 Å². The van der Waals surface area contributed by atoms with Crippen molar-refractivity contribution in [3.8, 4) is 11.5 Å². The van der Waals surface area contributed by atoms with Gasteiger partial charge in [0.2, 0.25) is 5.28 Å². The zero-order valence-electron chi connectivity index (χ0n) is 10.0. The predicted molar refractivity (Wildman–Crippen MR) is 71.5 cm³/mol. The molecule has 0 fully saturated rings. The topological polar surface area (TPSA) is 93.6 Å². The second-order valence-electron chi connectivity index (χ2n) is 3.55. The van der Waals surface area contributed by atoms with Crippen LogP contribution in [0.1, 0.15) is 11.3 Å². The number of nitrogens with two attached hydrogens (primary N) is 1. The highest BCUT2D eigenvalue weighted by molar-refractivity contribution is 6.28. The summed E-state index contributed by atoms with van der Waals surface area (Å²) in [6.45, 7) is 0. The molecular weight excluding hydrogens is 268 g/mol. The molecule has 0 saturated carbocycles. The molecule has 0 radical (unpaired) electrons. The molecule has 6 nitrogen and oxygen atoms in total. The SMILES string of the molecule is COc1cccc(C(=NN)c2ccnc(Cl)n2)c1O. The summed E-state index contributed by atoms with van der Waals surface area (Å²) >= 11 is 5.73. The third-order valence-corrected chi connectivity index (χ3v) is 2.65. The van der Waals surface area contributed by atoms with Crippen LogP contribution in [0.3, 0.4) is 0 Å². The number of hydrogen-bond donors (Lipinski definition) is 2. The Labute approximate surface area is 114 Å². The van der Waals surface area contributed by atoms with E-state index in [1.54, 1.807) is 24.3 Å². The number of phenolic OH excluding ortho intramolecular Hbond substituents is 1. The van der Waals surface area contributed by atoms with Gasteiger partial charge in [0, 0.05) is 11.8 Å². The van der Waals surface area contributed by atoms with Gasteiger partial charge in [-0.15, -0.1) is 0 Å². The first kappa shape index (κ1) is 13.1. The standard InChI is InChI=1S/C12H11ClN4O2/c1-19-9-4-2-3-7(11(9)18)10(17-14)8-5-6-15-12(13)16-8/h2-6,18H,14H2,1H3. The fraction of sp³-hybridized carbons (Fsp3) is 0.0833. The summed E-state index contributed by atoms with van der Waals surface area (Å²) in [6.07, 6.45) is 1.48. The van der Waals surface area contributed by atoms with Gasteiger partial charge < -0.3 is 15.7 Å². The lowest BCUT2D eigenvalue weighted by atomic mass is 10.1. The lowest BCUT2D eigenvalue weighted by molar-refractivity contribution is 0.373. The van der Waals surface area contributed by atoms with Gasteiger partial charge in [0.05, 0.1) is 12.8 Å². The van der Waals surface area contributed by atoms with Crippen LogP contribution < -0.4 is 10.6 Å². The molecule has 0 atom stereocenters. The van der Waals surface area contributed by atoms with Gasteiger partial charge in [-0.1, -0.05) is 6.07 Å². The number of hydrogen-bond acceptors (Lipinski definition) is 6. The average Bonchev–Trinajstić information content (AvgIpc) is 2.41. The highest BCUT2D eigenvalue weighted by Crippen LogP contribution is 2.30. The Hall–Kier alpha value is -2.34. The van der Waals surface area contributed by atoms with Gasteiger partial charge in [-0.05, 0) is 29.8 Å². The molecule has 1 aromatic heterocycles. The van der Waals surface area contributed by atoms with Crippen LogP contribution in [0, 0.1) is 0 Å². The highest BCUT2D eigenvalue weighted by atomic mass is 35.5. The molecule has 1 aromatic carbocycles. The molecule has 1 heterocycles. The number of para-hydroxylation sites is 1. The Kier molecular flexibility index (Phi) is 3.82. The first-order chi connectivity index (χ1) is 9.17. The fourth-order valence-electron chi connectivity index (χ4n) is 1.62. The first-order valence-corrected chi connectivity index (χ1v) is 5.68. The molecule has 2 aromatic rings. The summed E-state index contributed by atoms with van der Waals surface area (Å²) in [5.41, 5.74) is 1.10. The van der Waals surface area contributed by atoms with Crippen molar-refractivity contribution in [2.75, 3.05) is 7.11 Å². The van der Waals surface area contributed by atoms with Crippen LogP contribution in [0.25, 0.3) is 0 Å². The molecule has 0 aliphatic rings. The Balaban J connectivity index is 2.55. The van der Waals surface area contributed by atoms with Crippen molar-refractivity contribution < 1.29 is 9.84 Å². The number of benzene rings is 1. The normalized spacial score (nSPS) is 11.4. The number of phenols is 1. The van der Waals surface area contributed by atoms with Crippen molar-refractivity contribution in [1.29, 1.82) is 0 Å². The first-order valence-electron chi connectivity index (χ1n) is 5.30. The van der Waals surface area contributed by atoms with Crippen molar-refractivity contribution in [3.05, 3.63) is 47.0 Å². The smallest absolute Gasteiger partial charge is 0.222 e. The molecule has 0 aliphatic heterocycles. The summed E-state index contributed by atoms with van der Waals surface area (Å²) in [6, 6.07) is 6.58. The molecule has 0 aliphatic carbocycles. The maximum absolute atomic E-state index is 10.1. The van der Waals surface area contributed by atoms with Crippen LogP contribution in [-0.2, 0) is 0 Å². The molecule has 0 unspecified atom stereocenters. The number of methoxy groups -OCH3 is 1. The van der Waals surface area contributed by atoms with E-state index in [2.05, 4.69) is 15.1 Å². The number of hydrazone groups is 1. The monoisotopic (exact) mass is 278 g/mol. The summed E-state index contributed by atoms with van der Waals surface area (Å²) < 4.78 is 5.04. The molecule has 0 saturated heterocycles. The predicted octanol–water partition coefficient (Wildman–Crippen LogP) is 1.56. The Bertz CT molecular complexity index is 631. The molecule has 7 heteroatoms. The minimum atomic E-state index is -0.0658. The third-order valence-electron chi connectivity index (χ3n) is 2.47. The quantitative estimate of drug-likeness (QED) is 0.384. The van der Waals surface area contributed by atoms with E-state index in [1.165, 1.54) is 13.3 Å². The van der Waals surface area contributed by atoms with E-state index in [4.69, 9.17) is 22.2 Å². The molecule has 98 valence electrons. The number of aromatic hydroxyl groups is 1. The molecule has 2 rings (SSSR count). The summed E-state index contributed by atoms with van der Waals surface area (Å²) in [5.74, 6) is 5.63.